The Balaban J connectivity index is 1.55. The average Bonchev–Trinajstić information content (AvgIpc) is 3.15. The third-order valence-corrected chi connectivity index (χ3v) is 4.37. The van der Waals surface area contributed by atoms with Crippen LogP contribution in [0.25, 0.3) is 5.69 Å². The van der Waals surface area contributed by atoms with E-state index in [1.54, 1.807) is 19.6 Å². The largest absolute Gasteiger partial charge is 0.494 e. The van der Waals surface area contributed by atoms with Crippen LogP contribution < -0.4 is 10.1 Å². The predicted molar refractivity (Wildman–Crippen MR) is 109 cm³/mol. The van der Waals surface area contributed by atoms with Crippen LogP contribution >= 0.6 is 0 Å². The summed E-state index contributed by atoms with van der Waals surface area (Å²) in [6.45, 7) is 1.96. The van der Waals surface area contributed by atoms with E-state index in [1.165, 1.54) is 5.56 Å². The van der Waals surface area contributed by atoms with E-state index in [9.17, 15) is 0 Å². The van der Waals surface area contributed by atoms with Crippen LogP contribution in [0.3, 0.4) is 0 Å². The van der Waals surface area contributed by atoms with Gasteiger partial charge in [-0.15, -0.1) is 0 Å². The van der Waals surface area contributed by atoms with E-state index in [2.05, 4.69) is 32.4 Å². The molecule has 6 nitrogen and oxygen atoms in total. The topological polar surface area (TPSA) is 64.9 Å². The highest BCUT2D eigenvalue weighted by molar-refractivity contribution is 5.62. The lowest BCUT2D eigenvalue weighted by Gasteiger charge is -2.12. The summed E-state index contributed by atoms with van der Waals surface area (Å²) in [5.41, 5.74) is 4.91. The van der Waals surface area contributed by atoms with Crippen LogP contribution in [-0.4, -0.2) is 26.6 Å². The summed E-state index contributed by atoms with van der Waals surface area (Å²) in [6, 6.07) is 18.1. The molecule has 0 spiro atoms. The number of anilines is 2. The predicted octanol–water partition coefficient (Wildman–Crippen LogP) is 4.31. The van der Waals surface area contributed by atoms with Crippen molar-refractivity contribution in [2.75, 3.05) is 12.4 Å². The summed E-state index contributed by atoms with van der Waals surface area (Å²) in [5, 5.41) is 3.26. The first-order chi connectivity index (χ1) is 13.7. The van der Waals surface area contributed by atoms with Gasteiger partial charge in [-0.25, -0.2) is 15.0 Å². The maximum Gasteiger partial charge on any atom is 0.227 e. The molecule has 140 valence electrons. The van der Waals surface area contributed by atoms with E-state index in [4.69, 9.17) is 4.74 Å². The fourth-order valence-electron chi connectivity index (χ4n) is 3.01. The lowest BCUT2D eigenvalue weighted by atomic mass is 10.1. The summed E-state index contributed by atoms with van der Waals surface area (Å²) >= 11 is 0. The monoisotopic (exact) mass is 371 g/mol. The molecule has 0 amide bonds. The molecule has 2 heterocycles. The van der Waals surface area contributed by atoms with E-state index >= 15 is 0 Å². The number of aromatic nitrogens is 4. The van der Waals surface area contributed by atoms with Crippen LogP contribution in [0.4, 0.5) is 11.6 Å². The first-order valence-electron chi connectivity index (χ1n) is 9.03. The molecule has 0 saturated heterocycles. The Kier molecular flexibility index (Phi) is 5.01. The summed E-state index contributed by atoms with van der Waals surface area (Å²) in [4.78, 5) is 13.2. The highest BCUT2D eigenvalue weighted by Crippen LogP contribution is 2.28. The fourth-order valence-corrected chi connectivity index (χ4v) is 3.01. The van der Waals surface area contributed by atoms with Gasteiger partial charge in [0.05, 0.1) is 30.5 Å². The zero-order valence-corrected chi connectivity index (χ0v) is 15.8. The molecule has 0 fully saturated rings. The fraction of sp³-hybridized carbons (Fsp3) is 0.136. The zero-order chi connectivity index (χ0) is 19.3. The van der Waals surface area contributed by atoms with Gasteiger partial charge < -0.3 is 14.6 Å². The number of hydrogen-bond donors (Lipinski definition) is 1. The standard InChI is InChI=1S/C22H21N5O/c1-16-14-27(15-24-16)20-9-8-18(13-21(20)28-2)25-22-23-11-10-19(26-22)12-17-6-4-3-5-7-17/h3-11,13-15H,12H2,1-2H3,(H,23,25,26). The van der Waals surface area contributed by atoms with Gasteiger partial charge >= 0.3 is 0 Å². The molecular weight excluding hydrogens is 350 g/mol. The first kappa shape index (κ1) is 17.7. The molecule has 6 heteroatoms. The Morgan fingerprint density at radius 3 is 2.64 bits per heavy atom. The van der Waals surface area contributed by atoms with Crippen LogP contribution in [0, 0.1) is 6.92 Å². The highest BCUT2D eigenvalue weighted by atomic mass is 16.5. The number of nitrogens with zero attached hydrogens (tertiary/aromatic N) is 4. The molecular formula is C22H21N5O. The molecule has 0 aliphatic rings. The molecule has 0 aliphatic heterocycles. The van der Waals surface area contributed by atoms with Crippen molar-refractivity contribution in [1.82, 2.24) is 19.5 Å². The van der Waals surface area contributed by atoms with Gasteiger partial charge in [0, 0.05) is 30.6 Å². The molecule has 0 bridgehead atoms. The second kappa shape index (κ2) is 7.92. The molecule has 1 N–H and O–H groups in total. The Labute approximate surface area is 163 Å². The number of aryl methyl sites for hydroxylation is 1. The lowest BCUT2D eigenvalue weighted by molar-refractivity contribution is 0.413. The number of benzene rings is 2. The molecule has 0 atom stereocenters. The maximum absolute atomic E-state index is 5.56. The van der Waals surface area contributed by atoms with Crippen LogP contribution in [0.1, 0.15) is 17.0 Å². The lowest BCUT2D eigenvalue weighted by Crippen LogP contribution is -2.02. The van der Waals surface area contributed by atoms with Gasteiger partial charge in [0.1, 0.15) is 5.75 Å². The minimum Gasteiger partial charge on any atom is -0.494 e. The minimum absolute atomic E-state index is 0.557. The molecule has 0 aliphatic carbocycles. The molecule has 0 unspecified atom stereocenters. The van der Waals surface area contributed by atoms with Gasteiger partial charge in [-0.3, -0.25) is 0 Å². The number of hydrogen-bond acceptors (Lipinski definition) is 5. The molecule has 0 saturated carbocycles. The van der Waals surface area contributed by atoms with Crippen molar-refractivity contribution in [3.63, 3.8) is 0 Å². The number of imidazole rings is 1. The van der Waals surface area contributed by atoms with E-state index < -0.39 is 0 Å². The number of nitrogens with one attached hydrogen (secondary N) is 1. The van der Waals surface area contributed by atoms with Crippen molar-refractivity contribution in [3.8, 4) is 11.4 Å². The molecule has 2 aromatic carbocycles. The average molecular weight is 371 g/mol. The molecule has 0 radical (unpaired) electrons. The minimum atomic E-state index is 0.557. The third kappa shape index (κ3) is 4.01. The number of ether oxygens (including phenoxy) is 1. The second-order valence-electron chi connectivity index (χ2n) is 6.47. The van der Waals surface area contributed by atoms with Gasteiger partial charge in [-0.05, 0) is 30.7 Å². The van der Waals surface area contributed by atoms with Gasteiger partial charge in [0.15, 0.2) is 0 Å². The van der Waals surface area contributed by atoms with E-state index in [1.807, 2.05) is 60.2 Å². The van der Waals surface area contributed by atoms with Gasteiger partial charge in [0.25, 0.3) is 0 Å². The van der Waals surface area contributed by atoms with E-state index in [-0.39, 0.29) is 0 Å². The Morgan fingerprint density at radius 1 is 1.04 bits per heavy atom. The van der Waals surface area contributed by atoms with Crippen molar-refractivity contribution in [3.05, 3.63) is 90.3 Å². The number of methoxy groups -OCH3 is 1. The van der Waals surface area contributed by atoms with Crippen molar-refractivity contribution < 1.29 is 4.74 Å². The van der Waals surface area contributed by atoms with Crippen molar-refractivity contribution in [2.45, 2.75) is 13.3 Å². The molecule has 4 rings (SSSR count). The summed E-state index contributed by atoms with van der Waals surface area (Å²) in [7, 11) is 1.66. The smallest absolute Gasteiger partial charge is 0.227 e. The van der Waals surface area contributed by atoms with Crippen molar-refractivity contribution in [2.24, 2.45) is 0 Å². The van der Waals surface area contributed by atoms with Crippen LogP contribution in [0.5, 0.6) is 5.75 Å². The maximum atomic E-state index is 5.56. The third-order valence-electron chi connectivity index (χ3n) is 4.37. The SMILES string of the molecule is COc1cc(Nc2nccc(Cc3ccccc3)n2)ccc1-n1cnc(C)c1. The van der Waals surface area contributed by atoms with E-state index in [0.29, 0.717) is 5.95 Å². The van der Waals surface area contributed by atoms with Crippen LogP contribution in [0.2, 0.25) is 0 Å². The highest BCUT2D eigenvalue weighted by Gasteiger charge is 2.09. The molecule has 4 aromatic rings. The summed E-state index contributed by atoms with van der Waals surface area (Å²) in [5.74, 6) is 1.30. The summed E-state index contributed by atoms with van der Waals surface area (Å²) < 4.78 is 7.50. The van der Waals surface area contributed by atoms with Gasteiger partial charge in [-0.2, -0.15) is 0 Å². The Hall–Kier alpha value is -3.67. The van der Waals surface area contributed by atoms with Gasteiger partial charge in [-0.1, -0.05) is 30.3 Å². The number of rotatable bonds is 6. The first-order valence-corrected chi connectivity index (χ1v) is 9.03. The van der Waals surface area contributed by atoms with Crippen LogP contribution in [-0.2, 0) is 6.42 Å². The van der Waals surface area contributed by atoms with Gasteiger partial charge in [0.2, 0.25) is 5.95 Å². The Morgan fingerprint density at radius 2 is 1.89 bits per heavy atom. The zero-order valence-electron chi connectivity index (χ0n) is 15.8. The normalized spacial score (nSPS) is 10.6. The Bertz CT molecular complexity index is 1080. The molecule has 2 aromatic heterocycles. The molecule has 28 heavy (non-hydrogen) atoms. The quantitative estimate of drug-likeness (QED) is 0.547. The van der Waals surface area contributed by atoms with Crippen molar-refractivity contribution in [1.29, 1.82) is 0 Å². The van der Waals surface area contributed by atoms with Crippen LogP contribution in [0.15, 0.2) is 73.3 Å². The second-order valence-corrected chi connectivity index (χ2v) is 6.47. The van der Waals surface area contributed by atoms with Crippen molar-refractivity contribution >= 4 is 11.6 Å². The summed E-state index contributed by atoms with van der Waals surface area (Å²) in [6.07, 6.45) is 6.27. The van der Waals surface area contributed by atoms with E-state index in [0.717, 1.165) is 34.9 Å².